The molecule has 0 amide bonds. The zero-order valence-corrected chi connectivity index (χ0v) is 11.0. The first-order valence-corrected chi connectivity index (χ1v) is 5.92. The van der Waals surface area contributed by atoms with Crippen LogP contribution in [0.3, 0.4) is 0 Å². The van der Waals surface area contributed by atoms with E-state index in [1.54, 1.807) is 4.68 Å². The number of nitrogens with zero attached hydrogens (tertiary/aromatic N) is 2. The summed E-state index contributed by atoms with van der Waals surface area (Å²) in [6, 6.07) is 10.1. The lowest BCUT2D eigenvalue weighted by Gasteiger charge is -2.03. The van der Waals surface area contributed by atoms with Gasteiger partial charge in [0.05, 0.1) is 0 Å². The fourth-order valence-corrected chi connectivity index (χ4v) is 1.46. The Morgan fingerprint density at radius 1 is 1.18 bits per heavy atom. The first-order chi connectivity index (χ1) is 8.25. The van der Waals surface area contributed by atoms with Crippen molar-refractivity contribution in [1.29, 1.82) is 0 Å². The number of aromatic nitrogens is 2. The highest BCUT2D eigenvalue weighted by atomic mass is 16.5. The monoisotopic (exact) mass is 232 g/mol. The lowest BCUT2D eigenvalue weighted by Crippen LogP contribution is -1.97. The van der Waals surface area contributed by atoms with Crippen molar-refractivity contribution in [3.05, 3.63) is 47.7 Å². The second kappa shape index (κ2) is 6.74. The van der Waals surface area contributed by atoms with Gasteiger partial charge in [-0.3, -0.25) is 4.68 Å². The van der Waals surface area contributed by atoms with Gasteiger partial charge in [0.25, 0.3) is 0 Å². The average molecular weight is 232 g/mol. The Balaban J connectivity index is 0.000000686. The van der Waals surface area contributed by atoms with Crippen LogP contribution in [0.4, 0.5) is 0 Å². The highest BCUT2D eigenvalue weighted by molar-refractivity contribution is 5.22. The fraction of sp³-hybridized carbons (Fsp3) is 0.357. The number of ether oxygens (including phenoxy) is 1. The fourth-order valence-electron chi connectivity index (χ4n) is 1.46. The van der Waals surface area contributed by atoms with Gasteiger partial charge in [0.15, 0.2) is 0 Å². The van der Waals surface area contributed by atoms with Gasteiger partial charge in [0.2, 0.25) is 5.88 Å². The van der Waals surface area contributed by atoms with Crippen molar-refractivity contribution in [2.24, 2.45) is 7.05 Å². The van der Waals surface area contributed by atoms with Crippen LogP contribution in [-0.2, 0) is 13.7 Å². The number of hydrogen-bond acceptors (Lipinski definition) is 2. The molecule has 0 unspecified atom stereocenters. The predicted molar refractivity (Wildman–Crippen MR) is 70.1 cm³/mol. The van der Waals surface area contributed by atoms with Crippen molar-refractivity contribution in [3.8, 4) is 5.88 Å². The predicted octanol–water partition coefficient (Wildman–Crippen LogP) is 3.33. The van der Waals surface area contributed by atoms with Gasteiger partial charge in [0, 0.05) is 18.8 Å². The van der Waals surface area contributed by atoms with Crippen LogP contribution in [0.2, 0.25) is 0 Å². The van der Waals surface area contributed by atoms with E-state index in [2.05, 4.69) is 5.10 Å². The third-order valence-electron chi connectivity index (χ3n) is 2.18. The van der Waals surface area contributed by atoms with E-state index in [1.807, 2.05) is 64.3 Å². The quantitative estimate of drug-likeness (QED) is 0.811. The molecule has 92 valence electrons. The standard InChI is InChI=1S/C12H14N2O.C2H6/c1-10-8-14(2)13-12(10)15-9-11-6-4-3-5-7-11;1-2/h3-8H,9H2,1-2H3;1-2H3. The molecule has 1 aromatic heterocycles. The smallest absolute Gasteiger partial charge is 0.236 e. The Hall–Kier alpha value is -1.77. The number of benzene rings is 1. The molecule has 3 heteroatoms. The molecule has 0 aliphatic heterocycles. The SMILES string of the molecule is CC.Cc1cn(C)nc1OCc1ccccc1. The first-order valence-electron chi connectivity index (χ1n) is 5.92. The molecule has 0 atom stereocenters. The highest BCUT2D eigenvalue weighted by Gasteiger charge is 2.03. The van der Waals surface area contributed by atoms with E-state index in [9.17, 15) is 0 Å². The van der Waals surface area contributed by atoms with Gasteiger partial charge >= 0.3 is 0 Å². The van der Waals surface area contributed by atoms with Crippen LogP contribution in [0.1, 0.15) is 25.0 Å². The molecule has 0 fully saturated rings. The van der Waals surface area contributed by atoms with Crippen LogP contribution in [0.5, 0.6) is 5.88 Å². The minimum atomic E-state index is 0.568. The number of rotatable bonds is 3. The molecule has 0 N–H and O–H groups in total. The Labute approximate surface area is 103 Å². The van der Waals surface area contributed by atoms with Crippen LogP contribution in [0, 0.1) is 6.92 Å². The Kier molecular flexibility index (Phi) is 5.27. The van der Waals surface area contributed by atoms with E-state index in [-0.39, 0.29) is 0 Å². The van der Waals surface area contributed by atoms with Crippen molar-refractivity contribution in [3.63, 3.8) is 0 Å². The van der Waals surface area contributed by atoms with Gasteiger partial charge in [-0.2, -0.15) is 0 Å². The van der Waals surface area contributed by atoms with E-state index < -0.39 is 0 Å². The molecule has 1 heterocycles. The summed E-state index contributed by atoms with van der Waals surface area (Å²) in [4.78, 5) is 0. The molecule has 2 aromatic rings. The van der Waals surface area contributed by atoms with Gasteiger partial charge in [-0.05, 0) is 12.5 Å². The van der Waals surface area contributed by atoms with Crippen LogP contribution < -0.4 is 4.74 Å². The first kappa shape index (κ1) is 13.3. The van der Waals surface area contributed by atoms with E-state index >= 15 is 0 Å². The van der Waals surface area contributed by atoms with Crippen molar-refractivity contribution >= 4 is 0 Å². The van der Waals surface area contributed by atoms with E-state index in [0.29, 0.717) is 12.5 Å². The van der Waals surface area contributed by atoms with Crippen molar-refractivity contribution < 1.29 is 4.74 Å². The molecule has 0 bridgehead atoms. The molecular weight excluding hydrogens is 212 g/mol. The molecule has 0 aliphatic carbocycles. The Morgan fingerprint density at radius 3 is 2.35 bits per heavy atom. The summed E-state index contributed by atoms with van der Waals surface area (Å²) in [5.74, 6) is 0.710. The second-order valence-electron chi connectivity index (χ2n) is 3.57. The normalized spacial score (nSPS) is 9.41. The number of hydrogen-bond donors (Lipinski definition) is 0. The molecule has 0 saturated carbocycles. The summed E-state index contributed by atoms with van der Waals surface area (Å²) in [6.45, 7) is 6.56. The summed E-state index contributed by atoms with van der Waals surface area (Å²) in [7, 11) is 1.89. The maximum absolute atomic E-state index is 5.61. The summed E-state index contributed by atoms with van der Waals surface area (Å²) < 4.78 is 7.37. The molecule has 17 heavy (non-hydrogen) atoms. The van der Waals surface area contributed by atoms with Crippen molar-refractivity contribution in [2.45, 2.75) is 27.4 Å². The summed E-state index contributed by atoms with van der Waals surface area (Å²) in [5.41, 5.74) is 2.22. The molecule has 0 aliphatic rings. The summed E-state index contributed by atoms with van der Waals surface area (Å²) in [6.07, 6.45) is 1.94. The molecular formula is C14H20N2O. The van der Waals surface area contributed by atoms with E-state index in [1.165, 1.54) is 0 Å². The van der Waals surface area contributed by atoms with Crippen LogP contribution in [0.15, 0.2) is 36.5 Å². The Bertz CT molecular complexity index is 435. The van der Waals surface area contributed by atoms with Crippen LogP contribution >= 0.6 is 0 Å². The van der Waals surface area contributed by atoms with Crippen molar-refractivity contribution in [2.75, 3.05) is 0 Å². The largest absolute Gasteiger partial charge is 0.472 e. The van der Waals surface area contributed by atoms with Gasteiger partial charge in [-0.25, -0.2) is 0 Å². The summed E-state index contributed by atoms with van der Waals surface area (Å²) >= 11 is 0. The van der Waals surface area contributed by atoms with Gasteiger partial charge < -0.3 is 4.74 Å². The lowest BCUT2D eigenvalue weighted by molar-refractivity contribution is 0.289. The molecule has 3 nitrogen and oxygen atoms in total. The average Bonchev–Trinajstić information content (AvgIpc) is 2.69. The third kappa shape index (κ3) is 3.94. The maximum atomic E-state index is 5.61. The minimum absolute atomic E-state index is 0.568. The zero-order chi connectivity index (χ0) is 12.7. The van der Waals surface area contributed by atoms with Crippen LogP contribution in [0.25, 0.3) is 0 Å². The minimum Gasteiger partial charge on any atom is -0.472 e. The molecule has 0 saturated heterocycles. The third-order valence-corrected chi connectivity index (χ3v) is 2.18. The van der Waals surface area contributed by atoms with Gasteiger partial charge in [-0.1, -0.05) is 44.2 Å². The Morgan fingerprint density at radius 2 is 1.82 bits per heavy atom. The van der Waals surface area contributed by atoms with Crippen molar-refractivity contribution in [1.82, 2.24) is 9.78 Å². The molecule has 0 radical (unpaired) electrons. The number of aryl methyl sites for hydroxylation is 2. The zero-order valence-electron chi connectivity index (χ0n) is 11.0. The second-order valence-corrected chi connectivity index (χ2v) is 3.57. The molecule has 2 rings (SSSR count). The van der Waals surface area contributed by atoms with Crippen LogP contribution in [-0.4, -0.2) is 9.78 Å². The highest BCUT2D eigenvalue weighted by Crippen LogP contribution is 2.15. The topological polar surface area (TPSA) is 27.1 Å². The van der Waals surface area contributed by atoms with E-state index in [0.717, 1.165) is 11.1 Å². The van der Waals surface area contributed by atoms with Gasteiger partial charge in [0.1, 0.15) is 6.61 Å². The maximum Gasteiger partial charge on any atom is 0.236 e. The summed E-state index contributed by atoms with van der Waals surface area (Å²) in [5, 5.41) is 4.22. The molecule has 1 aromatic carbocycles. The van der Waals surface area contributed by atoms with Gasteiger partial charge in [-0.15, -0.1) is 5.10 Å². The van der Waals surface area contributed by atoms with E-state index in [4.69, 9.17) is 4.74 Å². The molecule has 0 spiro atoms. The lowest BCUT2D eigenvalue weighted by atomic mass is 10.2.